The molecule has 0 fully saturated rings. The molecule has 2 N–H and O–H groups in total. The number of hydrogen-bond donors (Lipinski definition) is 2. The number of aromatic nitrogens is 2. The minimum absolute atomic E-state index is 0.0513. The van der Waals surface area contributed by atoms with Crippen LogP contribution in [0.25, 0.3) is 10.6 Å². The number of thiazole rings is 2. The second-order valence-corrected chi connectivity index (χ2v) is 8.65. The number of carbonyl (C=O) groups excluding carboxylic acids is 2. The highest BCUT2D eigenvalue weighted by Gasteiger charge is 2.11. The van der Waals surface area contributed by atoms with Gasteiger partial charge in [-0.15, -0.1) is 22.7 Å². The van der Waals surface area contributed by atoms with E-state index in [9.17, 15) is 14.4 Å². The van der Waals surface area contributed by atoms with E-state index in [0.717, 1.165) is 32.5 Å². The zero-order chi connectivity index (χ0) is 19.4. The van der Waals surface area contributed by atoms with Crippen molar-refractivity contribution in [2.24, 2.45) is 0 Å². The average molecular weight is 423 g/mol. The summed E-state index contributed by atoms with van der Waals surface area (Å²) >= 11 is 4.05. The number of aryl methyl sites for hydroxylation is 1. The minimum atomic E-state index is -0.175. The molecule has 0 atom stereocenters. The van der Waals surface area contributed by atoms with E-state index < -0.39 is 0 Å². The maximum atomic E-state index is 12.1. The van der Waals surface area contributed by atoms with E-state index in [2.05, 4.69) is 15.6 Å². The molecule has 3 heterocycles. The molecule has 0 aliphatic heterocycles. The summed E-state index contributed by atoms with van der Waals surface area (Å²) in [5.74, 6) is -0.241. The lowest BCUT2D eigenvalue weighted by Crippen LogP contribution is -2.20. The van der Waals surface area contributed by atoms with Crippen LogP contribution in [0.15, 0.2) is 27.7 Å². The van der Waals surface area contributed by atoms with Crippen molar-refractivity contribution in [3.8, 4) is 10.6 Å². The summed E-state index contributed by atoms with van der Waals surface area (Å²) in [5, 5.41) is 9.75. The first-order valence-corrected chi connectivity index (χ1v) is 10.7. The van der Waals surface area contributed by atoms with Crippen LogP contribution in [0, 0.1) is 6.92 Å². The maximum absolute atomic E-state index is 12.1. The first-order chi connectivity index (χ1) is 12.9. The summed E-state index contributed by atoms with van der Waals surface area (Å²) < 4.78 is 1.60. The molecule has 0 bridgehead atoms. The van der Waals surface area contributed by atoms with Gasteiger partial charge in [-0.1, -0.05) is 11.3 Å². The molecule has 7 nitrogen and oxygen atoms in total. The third-order valence-corrected chi connectivity index (χ3v) is 6.46. The number of carbonyl (C=O) groups is 2. The summed E-state index contributed by atoms with van der Waals surface area (Å²) in [6.45, 7) is 4.19. The quantitative estimate of drug-likeness (QED) is 0.612. The molecule has 0 spiro atoms. The van der Waals surface area contributed by atoms with Crippen LogP contribution in [-0.4, -0.2) is 21.4 Å². The Morgan fingerprint density at radius 3 is 2.74 bits per heavy atom. The highest BCUT2D eigenvalue weighted by molar-refractivity contribution is 7.17. The molecule has 0 aliphatic carbocycles. The largest absolute Gasteiger partial charge is 0.351 e. The molecule has 3 aromatic heterocycles. The van der Waals surface area contributed by atoms with Crippen molar-refractivity contribution < 1.29 is 9.59 Å². The van der Waals surface area contributed by atoms with Gasteiger partial charge in [-0.05, 0) is 19.1 Å². The van der Waals surface area contributed by atoms with Crippen LogP contribution in [0.5, 0.6) is 0 Å². The van der Waals surface area contributed by atoms with Gasteiger partial charge in [0, 0.05) is 41.2 Å². The molecule has 27 heavy (non-hydrogen) atoms. The number of anilines is 1. The van der Waals surface area contributed by atoms with Crippen LogP contribution in [0.3, 0.4) is 0 Å². The third-order valence-electron chi connectivity index (χ3n) is 3.72. The van der Waals surface area contributed by atoms with Gasteiger partial charge in [-0.25, -0.2) is 4.98 Å². The van der Waals surface area contributed by atoms with Gasteiger partial charge < -0.3 is 15.2 Å². The molecule has 0 aliphatic rings. The number of nitrogens with one attached hydrogen (secondary N) is 2. The topological polar surface area (TPSA) is 93.1 Å². The van der Waals surface area contributed by atoms with Gasteiger partial charge in [0.15, 0.2) is 5.13 Å². The minimum Gasteiger partial charge on any atom is -0.351 e. The molecular formula is C17H18N4O3S3. The van der Waals surface area contributed by atoms with Gasteiger partial charge in [0.25, 0.3) is 0 Å². The summed E-state index contributed by atoms with van der Waals surface area (Å²) in [7, 11) is 0. The van der Waals surface area contributed by atoms with Crippen molar-refractivity contribution in [2.45, 2.75) is 33.4 Å². The Morgan fingerprint density at radius 2 is 2.04 bits per heavy atom. The molecule has 3 aromatic rings. The highest BCUT2D eigenvalue weighted by Crippen LogP contribution is 2.30. The van der Waals surface area contributed by atoms with Gasteiger partial charge in [0.2, 0.25) is 11.8 Å². The fourth-order valence-electron chi connectivity index (χ4n) is 2.34. The van der Waals surface area contributed by atoms with Gasteiger partial charge in [0.1, 0.15) is 0 Å². The first-order valence-electron chi connectivity index (χ1n) is 8.16. The Kier molecular flexibility index (Phi) is 6.19. The van der Waals surface area contributed by atoms with Gasteiger partial charge in [-0.3, -0.25) is 14.4 Å². The predicted molar refractivity (Wildman–Crippen MR) is 110 cm³/mol. The zero-order valence-corrected chi connectivity index (χ0v) is 17.2. The van der Waals surface area contributed by atoms with Crippen molar-refractivity contribution >= 4 is 51.0 Å². The van der Waals surface area contributed by atoms with Gasteiger partial charge >= 0.3 is 4.87 Å². The summed E-state index contributed by atoms with van der Waals surface area (Å²) in [4.78, 5) is 41.2. The molecule has 0 aromatic carbocycles. The molecule has 2 amide bonds. The second kappa shape index (κ2) is 8.59. The van der Waals surface area contributed by atoms with Crippen LogP contribution in [0.2, 0.25) is 0 Å². The normalized spacial score (nSPS) is 10.7. The molecule has 142 valence electrons. The predicted octanol–water partition coefficient (Wildman–Crippen LogP) is 3.07. The Hall–Kier alpha value is -2.30. The number of rotatable bonds is 7. The van der Waals surface area contributed by atoms with E-state index in [1.165, 1.54) is 18.3 Å². The first kappa shape index (κ1) is 19.5. The smallest absolute Gasteiger partial charge is 0.307 e. The number of thiophene rings is 1. The standard InChI is InChI=1S/C17H18N4O3S3/c1-10-8-26-17(24)21(10)6-5-15(23)20-16-19-13(9-25-16)14-4-3-12(27-14)7-18-11(2)22/h3-4,8-9H,5-7H2,1-2H3,(H,18,22)(H,19,20,23). The molecule has 0 saturated carbocycles. The van der Waals surface area contributed by atoms with E-state index in [0.29, 0.717) is 18.2 Å². The molecule has 0 unspecified atom stereocenters. The molecule has 3 rings (SSSR count). The lowest BCUT2D eigenvalue weighted by molar-refractivity contribution is -0.119. The van der Waals surface area contributed by atoms with Crippen molar-refractivity contribution in [2.75, 3.05) is 5.32 Å². The van der Waals surface area contributed by atoms with E-state index in [4.69, 9.17) is 0 Å². The Bertz CT molecular complexity index is 1010. The number of amides is 2. The number of nitrogens with zero attached hydrogens (tertiary/aromatic N) is 2. The monoisotopic (exact) mass is 422 g/mol. The van der Waals surface area contributed by atoms with Crippen molar-refractivity contribution in [3.63, 3.8) is 0 Å². The molecule has 10 heteroatoms. The fraction of sp³-hybridized carbons (Fsp3) is 0.294. The van der Waals surface area contributed by atoms with Crippen LogP contribution in [0.4, 0.5) is 5.13 Å². The van der Waals surface area contributed by atoms with Gasteiger partial charge in [-0.2, -0.15) is 0 Å². The molecule has 0 radical (unpaired) electrons. The van der Waals surface area contributed by atoms with Crippen LogP contribution < -0.4 is 15.5 Å². The van der Waals surface area contributed by atoms with Crippen molar-refractivity contribution in [1.29, 1.82) is 0 Å². The SMILES string of the molecule is CC(=O)NCc1ccc(-c2csc(NC(=O)CCn3c(C)csc3=O)n2)s1. The van der Waals surface area contributed by atoms with Crippen molar-refractivity contribution in [1.82, 2.24) is 14.9 Å². The molecule has 0 saturated heterocycles. The Morgan fingerprint density at radius 1 is 1.22 bits per heavy atom. The number of hydrogen-bond acceptors (Lipinski definition) is 7. The molecular weight excluding hydrogens is 404 g/mol. The van der Waals surface area contributed by atoms with E-state index in [1.54, 1.807) is 21.3 Å². The fourth-order valence-corrected chi connectivity index (χ4v) is 4.81. The lowest BCUT2D eigenvalue weighted by Gasteiger charge is -2.04. The van der Waals surface area contributed by atoms with E-state index in [-0.39, 0.29) is 23.1 Å². The van der Waals surface area contributed by atoms with E-state index >= 15 is 0 Å². The van der Waals surface area contributed by atoms with Crippen LogP contribution in [0.1, 0.15) is 23.9 Å². The highest BCUT2D eigenvalue weighted by atomic mass is 32.1. The summed E-state index contributed by atoms with van der Waals surface area (Å²) in [5.41, 5.74) is 1.65. The Labute approximate surface area is 167 Å². The zero-order valence-electron chi connectivity index (χ0n) is 14.8. The maximum Gasteiger partial charge on any atom is 0.307 e. The second-order valence-electron chi connectivity index (χ2n) is 5.81. The Balaban J connectivity index is 1.57. The van der Waals surface area contributed by atoms with Crippen molar-refractivity contribution in [3.05, 3.63) is 43.1 Å². The lowest BCUT2D eigenvalue weighted by atomic mass is 10.3. The van der Waals surface area contributed by atoms with Gasteiger partial charge in [0.05, 0.1) is 17.1 Å². The van der Waals surface area contributed by atoms with Crippen LogP contribution >= 0.6 is 34.0 Å². The summed E-state index contributed by atoms with van der Waals surface area (Å²) in [6.07, 6.45) is 0.215. The third kappa shape index (κ3) is 5.12. The summed E-state index contributed by atoms with van der Waals surface area (Å²) in [6, 6.07) is 3.91. The van der Waals surface area contributed by atoms with E-state index in [1.807, 2.05) is 24.4 Å². The van der Waals surface area contributed by atoms with Crippen LogP contribution in [-0.2, 0) is 22.7 Å². The average Bonchev–Trinajstić information content (AvgIpc) is 3.33.